The summed E-state index contributed by atoms with van der Waals surface area (Å²) in [6.07, 6.45) is 5.82. The van der Waals surface area contributed by atoms with E-state index in [1.54, 1.807) is 61.2 Å². The number of aromatic nitrogens is 2. The minimum Gasteiger partial charge on any atom is -0.389 e. The van der Waals surface area contributed by atoms with Gasteiger partial charge < -0.3 is 14.9 Å². The molecular formula is C40H44F2N4O3S2. The minimum atomic E-state index is -1.72. The quantitative estimate of drug-likeness (QED) is 0.174. The standard InChI is InChI=1S/C20H20F2N2OS.C20H24N2O2S/c1-13(2)11-24-19(25)12-26-20(24)17-10-23-8-7-16(17)15-5-3-14(4-6-15)9-18(21)22;1-13(2)11-22-19(24)12-25-20(22)18-10-21-9-8-17(18)16-6-4-15(5-7-16)14(3)23/h3-10,13,20H,11-12H2,1-2H3;4-10,13-14,20,23H,11-12H2,1-3H3. The highest BCUT2D eigenvalue weighted by molar-refractivity contribution is 8.00. The molecule has 0 aliphatic carbocycles. The van der Waals surface area contributed by atoms with E-state index in [1.807, 2.05) is 64.5 Å². The van der Waals surface area contributed by atoms with Crippen molar-refractivity contribution < 1.29 is 23.5 Å². The number of aliphatic hydroxyl groups excluding tert-OH is 1. The van der Waals surface area contributed by atoms with Crippen LogP contribution in [0.5, 0.6) is 0 Å². The van der Waals surface area contributed by atoms with E-state index in [2.05, 4.69) is 37.7 Å². The summed E-state index contributed by atoms with van der Waals surface area (Å²) in [5.74, 6) is 2.13. The summed E-state index contributed by atoms with van der Waals surface area (Å²) in [6.45, 7) is 11.7. The first-order chi connectivity index (χ1) is 24.4. The molecule has 2 aromatic carbocycles. The molecule has 0 bridgehead atoms. The second-order valence-electron chi connectivity index (χ2n) is 13.5. The van der Waals surface area contributed by atoms with Crippen LogP contribution < -0.4 is 0 Å². The number of nitrogens with zero attached hydrogens (tertiary/aromatic N) is 4. The normalized spacial score (nSPS) is 17.9. The Bertz CT molecular complexity index is 1830. The van der Waals surface area contributed by atoms with E-state index in [9.17, 15) is 23.5 Å². The maximum atomic E-state index is 12.4. The fourth-order valence-electron chi connectivity index (χ4n) is 6.16. The first-order valence-electron chi connectivity index (χ1n) is 17.0. The highest BCUT2D eigenvalue weighted by atomic mass is 32.2. The van der Waals surface area contributed by atoms with Crippen molar-refractivity contribution in [2.75, 3.05) is 24.6 Å². The van der Waals surface area contributed by atoms with Crippen LogP contribution in [0.1, 0.15) is 73.7 Å². The number of benzene rings is 2. The van der Waals surface area contributed by atoms with E-state index in [4.69, 9.17) is 0 Å². The van der Waals surface area contributed by atoms with Crippen molar-refractivity contribution in [2.45, 2.75) is 51.5 Å². The Morgan fingerprint density at radius 2 is 1.18 bits per heavy atom. The topological polar surface area (TPSA) is 86.6 Å². The van der Waals surface area contributed by atoms with E-state index in [0.29, 0.717) is 35.4 Å². The van der Waals surface area contributed by atoms with Crippen LogP contribution in [0.2, 0.25) is 0 Å². The van der Waals surface area contributed by atoms with Gasteiger partial charge in [0, 0.05) is 55.1 Å². The van der Waals surface area contributed by atoms with Crippen LogP contribution in [0.25, 0.3) is 28.3 Å². The first-order valence-corrected chi connectivity index (χ1v) is 19.1. The van der Waals surface area contributed by atoms with Gasteiger partial charge in [0.1, 0.15) is 10.7 Å². The Labute approximate surface area is 307 Å². The average molecular weight is 731 g/mol. The number of carbonyl (C=O) groups is 2. The number of rotatable bonds is 10. The molecule has 0 spiro atoms. The fraction of sp³-hybridized carbons (Fsp3) is 0.350. The van der Waals surface area contributed by atoms with Crippen molar-refractivity contribution in [3.8, 4) is 22.3 Å². The number of aliphatic hydroxyl groups is 1. The Morgan fingerprint density at radius 3 is 1.57 bits per heavy atom. The third-order valence-electron chi connectivity index (χ3n) is 8.50. The molecule has 2 aliphatic heterocycles. The summed E-state index contributed by atoms with van der Waals surface area (Å²) in [5.41, 5.74) is 7.45. The molecule has 4 aromatic rings. The van der Waals surface area contributed by atoms with E-state index in [1.165, 1.54) is 0 Å². The van der Waals surface area contributed by atoms with Gasteiger partial charge in [0.25, 0.3) is 6.08 Å². The average Bonchev–Trinajstić information content (AvgIpc) is 3.65. The molecule has 6 rings (SSSR count). The lowest BCUT2D eigenvalue weighted by atomic mass is 9.99. The molecule has 2 aromatic heterocycles. The lowest BCUT2D eigenvalue weighted by molar-refractivity contribution is -0.129. The first kappa shape index (κ1) is 38.2. The van der Waals surface area contributed by atoms with Crippen molar-refractivity contribution in [3.63, 3.8) is 0 Å². The Balaban J connectivity index is 0.000000198. The van der Waals surface area contributed by atoms with E-state index in [0.717, 1.165) is 51.6 Å². The number of amides is 2. The van der Waals surface area contributed by atoms with Crippen molar-refractivity contribution >= 4 is 41.4 Å². The molecule has 3 atom stereocenters. The molecule has 0 radical (unpaired) electrons. The molecule has 2 saturated heterocycles. The molecule has 0 saturated carbocycles. The van der Waals surface area contributed by atoms with Gasteiger partial charge in [-0.3, -0.25) is 19.6 Å². The van der Waals surface area contributed by atoms with Crippen LogP contribution in [0.3, 0.4) is 0 Å². The van der Waals surface area contributed by atoms with Gasteiger partial charge in [-0.15, -0.1) is 23.5 Å². The van der Waals surface area contributed by atoms with Crippen LogP contribution in [-0.4, -0.2) is 61.3 Å². The number of hydrogen-bond donors (Lipinski definition) is 1. The largest absolute Gasteiger partial charge is 0.389 e. The van der Waals surface area contributed by atoms with Gasteiger partial charge in [0.05, 0.1) is 17.6 Å². The fourth-order valence-corrected chi connectivity index (χ4v) is 8.60. The summed E-state index contributed by atoms with van der Waals surface area (Å²) in [6, 6.07) is 18.8. The second kappa shape index (κ2) is 17.4. The van der Waals surface area contributed by atoms with Crippen LogP contribution in [-0.2, 0) is 9.59 Å². The van der Waals surface area contributed by atoms with E-state index in [-0.39, 0.29) is 22.6 Å². The van der Waals surface area contributed by atoms with Crippen LogP contribution in [0.15, 0.2) is 91.5 Å². The zero-order valence-corrected chi connectivity index (χ0v) is 31.1. The summed E-state index contributed by atoms with van der Waals surface area (Å²) in [5, 5.41) is 9.64. The second-order valence-corrected chi connectivity index (χ2v) is 15.6. The SMILES string of the molecule is CC(C)CN1C(=O)CSC1c1cnccc1-c1ccc(C(C)O)cc1.CC(C)CN1C(=O)CSC1c1cnccc1-c1ccc(C=C(F)F)cc1. The van der Waals surface area contributed by atoms with Crippen LogP contribution >= 0.6 is 23.5 Å². The molecule has 2 aliphatic rings. The van der Waals surface area contributed by atoms with Gasteiger partial charge in [-0.25, -0.2) is 0 Å². The molecular weight excluding hydrogens is 687 g/mol. The van der Waals surface area contributed by atoms with Gasteiger partial charge in [-0.05, 0) is 64.3 Å². The molecule has 268 valence electrons. The highest BCUT2D eigenvalue weighted by Crippen LogP contribution is 2.44. The molecule has 51 heavy (non-hydrogen) atoms. The molecule has 7 nitrogen and oxygen atoms in total. The Kier molecular flexibility index (Phi) is 13.1. The van der Waals surface area contributed by atoms with Crippen molar-refractivity contribution in [3.05, 3.63) is 114 Å². The van der Waals surface area contributed by atoms with Crippen molar-refractivity contribution in [2.24, 2.45) is 11.8 Å². The lowest BCUT2D eigenvalue weighted by Crippen LogP contribution is -2.31. The number of thioether (sulfide) groups is 2. The van der Waals surface area contributed by atoms with Gasteiger partial charge >= 0.3 is 0 Å². The molecule has 4 heterocycles. The van der Waals surface area contributed by atoms with Crippen LogP contribution in [0, 0.1) is 11.8 Å². The number of hydrogen-bond acceptors (Lipinski definition) is 7. The lowest BCUT2D eigenvalue weighted by Gasteiger charge is -2.27. The molecule has 11 heteroatoms. The van der Waals surface area contributed by atoms with Gasteiger partial charge in [-0.2, -0.15) is 8.78 Å². The van der Waals surface area contributed by atoms with E-state index < -0.39 is 12.2 Å². The van der Waals surface area contributed by atoms with Crippen molar-refractivity contribution in [1.29, 1.82) is 0 Å². The predicted molar refractivity (Wildman–Crippen MR) is 204 cm³/mol. The number of pyridine rings is 2. The minimum absolute atomic E-state index is 0.00930. The zero-order valence-electron chi connectivity index (χ0n) is 29.5. The molecule has 3 unspecified atom stereocenters. The summed E-state index contributed by atoms with van der Waals surface area (Å²) in [7, 11) is 0. The molecule has 1 N–H and O–H groups in total. The maximum Gasteiger partial charge on any atom is 0.270 e. The summed E-state index contributed by atoms with van der Waals surface area (Å²) in [4.78, 5) is 37.1. The third kappa shape index (κ3) is 9.64. The smallest absolute Gasteiger partial charge is 0.270 e. The monoisotopic (exact) mass is 730 g/mol. The van der Waals surface area contributed by atoms with Gasteiger partial charge in [-0.1, -0.05) is 76.2 Å². The predicted octanol–water partition coefficient (Wildman–Crippen LogP) is 9.25. The van der Waals surface area contributed by atoms with Crippen molar-refractivity contribution in [1.82, 2.24) is 19.8 Å². The molecule has 2 fully saturated rings. The van der Waals surface area contributed by atoms with Gasteiger partial charge in [0.2, 0.25) is 11.8 Å². The van der Waals surface area contributed by atoms with Gasteiger partial charge in [0.15, 0.2) is 0 Å². The summed E-state index contributed by atoms with van der Waals surface area (Å²) >= 11 is 3.27. The number of carbonyl (C=O) groups excluding carboxylic acids is 2. The van der Waals surface area contributed by atoms with Crippen LogP contribution in [0.4, 0.5) is 8.78 Å². The molecule has 2 amide bonds. The third-order valence-corrected chi connectivity index (χ3v) is 11.0. The maximum absolute atomic E-state index is 12.4. The van der Waals surface area contributed by atoms with E-state index >= 15 is 0 Å². The highest BCUT2D eigenvalue weighted by Gasteiger charge is 2.35. The zero-order chi connectivity index (χ0) is 36.7. The Hall–Kier alpha value is -4.06. The summed E-state index contributed by atoms with van der Waals surface area (Å²) < 4.78 is 24.8. The Morgan fingerprint density at radius 1 is 0.745 bits per heavy atom. The number of halogens is 2.